The summed E-state index contributed by atoms with van der Waals surface area (Å²) in [5.41, 5.74) is 1.03. The maximum absolute atomic E-state index is 11.8. The molecule has 0 atom stereocenters. The van der Waals surface area contributed by atoms with Gasteiger partial charge >= 0.3 is 10.1 Å². The second-order valence-electron chi connectivity index (χ2n) is 3.96. The normalized spacial score (nSPS) is 12.0. The van der Waals surface area contributed by atoms with Gasteiger partial charge in [0.15, 0.2) is 0 Å². The van der Waals surface area contributed by atoms with Crippen LogP contribution in [0.1, 0.15) is 5.56 Å². The van der Waals surface area contributed by atoms with Crippen LogP contribution in [0.25, 0.3) is 6.08 Å². The van der Waals surface area contributed by atoms with Gasteiger partial charge in [0.05, 0.1) is 0 Å². The molecule has 0 amide bonds. The molecule has 0 heterocycles. The van der Waals surface area contributed by atoms with E-state index in [4.69, 9.17) is 4.18 Å². The van der Waals surface area contributed by atoms with Crippen molar-refractivity contribution in [2.75, 3.05) is 0 Å². The molecule has 0 spiro atoms. The molecule has 0 N–H and O–H groups in total. The van der Waals surface area contributed by atoms with Crippen LogP contribution in [0.5, 0.6) is 0 Å². The molecule has 0 bridgehead atoms. The zero-order chi connectivity index (χ0) is 14.3. The van der Waals surface area contributed by atoms with Crippen molar-refractivity contribution in [2.24, 2.45) is 0 Å². The molecular weight excluding hydrogens is 272 g/mol. The highest BCUT2D eigenvalue weighted by atomic mass is 32.2. The highest BCUT2D eigenvalue weighted by molar-refractivity contribution is 7.86. The van der Waals surface area contributed by atoms with Gasteiger partial charge < -0.3 is 4.18 Å². The van der Waals surface area contributed by atoms with Crippen molar-refractivity contribution in [1.82, 2.24) is 0 Å². The first-order valence-corrected chi connectivity index (χ1v) is 7.46. The van der Waals surface area contributed by atoms with E-state index in [1.165, 1.54) is 18.2 Å². The maximum Gasteiger partial charge on any atom is 0.338 e. The van der Waals surface area contributed by atoms with E-state index in [0.717, 1.165) is 11.8 Å². The Labute approximate surface area is 119 Å². The predicted octanol–water partition coefficient (Wildman–Crippen LogP) is 3.62. The molecular formula is C16H14O3S. The fourth-order valence-corrected chi connectivity index (χ4v) is 2.34. The minimum Gasteiger partial charge on any atom is -0.387 e. The molecule has 0 saturated heterocycles. The van der Waals surface area contributed by atoms with Crippen LogP contribution < -0.4 is 0 Å². The van der Waals surface area contributed by atoms with E-state index in [0.29, 0.717) is 0 Å². The predicted molar refractivity (Wildman–Crippen MR) is 79.3 cm³/mol. The van der Waals surface area contributed by atoms with Crippen LogP contribution in [0, 0.1) is 0 Å². The van der Waals surface area contributed by atoms with Gasteiger partial charge in [-0.15, -0.1) is 0 Å². The molecule has 2 rings (SSSR count). The highest BCUT2D eigenvalue weighted by Crippen LogP contribution is 2.11. The first kappa shape index (κ1) is 14.1. The lowest BCUT2D eigenvalue weighted by Gasteiger charge is -2.01. The molecule has 20 heavy (non-hydrogen) atoms. The Morgan fingerprint density at radius 1 is 0.800 bits per heavy atom. The number of benzene rings is 2. The van der Waals surface area contributed by atoms with Crippen molar-refractivity contribution in [3.63, 3.8) is 0 Å². The van der Waals surface area contributed by atoms with E-state index in [-0.39, 0.29) is 4.90 Å². The van der Waals surface area contributed by atoms with Crippen LogP contribution in [0.4, 0.5) is 0 Å². The maximum atomic E-state index is 11.8. The fourth-order valence-electron chi connectivity index (χ4n) is 1.52. The topological polar surface area (TPSA) is 43.4 Å². The second kappa shape index (κ2) is 6.73. The Kier molecular flexibility index (Phi) is 4.74. The molecule has 0 fully saturated rings. The lowest BCUT2D eigenvalue weighted by Crippen LogP contribution is -2.01. The fraction of sp³-hybridized carbons (Fsp3) is 0. The number of allylic oxidation sites excluding steroid dienone is 2. The quantitative estimate of drug-likeness (QED) is 0.479. The van der Waals surface area contributed by atoms with E-state index in [1.807, 2.05) is 36.4 Å². The van der Waals surface area contributed by atoms with Gasteiger partial charge in [0.2, 0.25) is 0 Å². The Bertz CT molecular complexity index is 687. The molecule has 0 aliphatic rings. The van der Waals surface area contributed by atoms with Gasteiger partial charge in [-0.05, 0) is 23.8 Å². The standard InChI is InChI=1S/C16H14O3S/c17-20(18,16-12-5-2-6-13-16)19-14-8-7-11-15-9-3-1-4-10-15/h1-14H. The van der Waals surface area contributed by atoms with Crippen LogP contribution in [0.3, 0.4) is 0 Å². The summed E-state index contributed by atoms with van der Waals surface area (Å²) in [6.07, 6.45) is 6.26. The lowest BCUT2D eigenvalue weighted by atomic mass is 10.2. The van der Waals surface area contributed by atoms with Crippen molar-refractivity contribution in [1.29, 1.82) is 0 Å². The first-order chi connectivity index (χ1) is 9.68. The van der Waals surface area contributed by atoms with Gasteiger partial charge in [0, 0.05) is 0 Å². The third-order valence-electron chi connectivity index (χ3n) is 2.49. The van der Waals surface area contributed by atoms with Crippen molar-refractivity contribution >= 4 is 16.2 Å². The minimum absolute atomic E-state index is 0.136. The summed E-state index contributed by atoms with van der Waals surface area (Å²) in [4.78, 5) is 0.136. The SMILES string of the molecule is O=S(=O)(OC=CC=Cc1ccccc1)c1ccccc1. The third kappa shape index (κ3) is 4.10. The number of rotatable bonds is 5. The van der Waals surface area contributed by atoms with Gasteiger partial charge in [-0.2, -0.15) is 8.42 Å². The van der Waals surface area contributed by atoms with Crippen molar-refractivity contribution in [2.45, 2.75) is 4.90 Å². The average Bonchev–Trinajstić information content (AvgIpc) is 2.49. The van der Waals surface area contributed by atoms with Crippen LogP contribution in [0.15, 0.2) is 84.0 Å². The Morgan fingerprint density at radius 3 is 2.05 bits per heavy atom. The van der Waals surface area contributed by atoms with E-state index in [9.17, 15) is 8.42 Å². The molecule has 0 saturated carbocycles. The monoisotopic (exact) mass is 286 g/mol. The molecule has 4 heteroatoms. The summed E-state index contributed by atoms with van der Waals surface area (Å²) in [6, 6.07) is 17.7. The minimum atomic E-state index is -3.73. The molecule has 0 unspecified atom stereocenters. The van der Waals surface area contributed by atoms with Gasteiger partial charge in [-0.3, -0.25) is 0 Å². The van der Waals surface area contributed by atoms with Crippen LogP contribution in [-0.2, 0) is 14.3 Å². The Balaban J connectivity index is 1.95. The second-order valence-corrected chi connectivity index (χ2v) is 5.53. The smallest absolute Gasteiger partial charge is 0.338 e. The summed E-state index contributed by atoms with van der Waals surface area (Å²) in [7, 11) is -3.73. The molecule has 0 aliphatic carbocycles. The molecule has 0 aliphatic heterocycles. The van der Waals surface area contributed by atoms with Gasteiger partial charge in [0.1, 0.15) is 11.2 Å². The molecule has 0 radical (unpaired) electrons. The van der Waals surface area contributed by atoms with E-state index in [2.05, 4.69) is 0 Å². The van der Waals surface area contributed by atoms with Gasteiger partial charge in [-0.25, -0.2) is 0 Å². The van der Waals surface area contributed by atoms with E-state index < -0.39 is 10.1 Å². The van der Waals surface area contributed by atoms with Crippen molar-refractivity contribution in [3.8, 4) is 0 Å². The average molecular weight is 286 g/mol. The molecule has 3 nitrogen and oxygen atoms in total. The summed E-state index contributed by atoms with van der Waals surface area (Å²) in [5.74, 6) is 0. The largest absolute Gasteiger partial charge is 0.387 e. The summed E-state index contributed by atoms with van der Waals surface area (Å²) in [5, 5.41) is 0. The zero-order valence-corrected chi connectivity index (χ0v) is 11.5. The van der Waals surface area contributed by atoms with Gasteiger partial charge in [0.25, 0.3) is 0 Å². The van der Waals surface area contributed by atoms with E-state index in [1.54, 1.807) is 24.3 Å². The molecule has 2 aromatic carbocycles. The molecule has 2 aromatic rings. The Hall–Kier alpha value is -2.33. The highest BCUT2D eigenvalue weighted by Gasteiger charge is 2.12. The summed E-state index contributed by atoms with van der Waals surface area (Å²) in [6.45, 7) is 0. The van der Waals surface area contributed by atoms with Crippen LogP contribution in [0.2, 0.25) is 0 Å². The first-order valence-electron chi connectivity index (χ1n) is 6.05. The van der Waals surface area contributed by atoms with Gasteiger partial charge in [-0.1, -0.05) is 60.7 Å². The summed E-state index contributed by atoms with van der Waals surface area (Å²) >= 11 is 0. The zero-order valence-electron chi connectivity index (χ0n) is 10.7. The molecule has 0 aromatic heterocycles. The van der Waals surface area contributed by atoms with E-state index >= 15 is 0 Å². The molecule has 102 valence electrons. The van der Waals surface area contributed by atoms with Crippen LogP contribution in [-0.4, -0.2) is 8.42 Å². The number of hydrogen-bond donors (Lipinski definition) is 0. The lowest BCUT2D eigenvalue weighted by molar-refractivity contribution is 0.443. The Morgan fingerprint density at radius 2 is 1.40 bits per heavy atom. The van der Waals surface area contributed by atoms with Crippen LogP contribution >= 0.6 is 0 Å². The van der Waals surface area contributed by atoms with Crippen molar-refractivity contribution in [3.05, 3.63) is 84.6 Å². The third-order valence-corrected chi connectivity index (χ3v) is 3.71. The van der Waals surface area contributed by atoms with Crippen molar-refractivity contribution < 1.29 is 12.6 Å². The summed E-state index contributed by atoms with van der Waals surface area (Å²) < 4.78 is 28.3. The number of hydrogen-bond acceptors (Lipinski definition) is 3.